The second-order valence-electron chi connectivity index (χ2n) is 6.81. The minimum atomic E-state index is -4.77. The van der Waals surface area contributed by atoms with E-state index in [9.17, 15) is 30.4 Å². The normalized spacial score (nSPS) is 12.0. The maximum atomic E-state index is 13.2. The molecule has 0 spiro atoms. The first kappa shape index (κ1) is 27.4. The van der Waals surface area contributed by atoms with Crippen LogP contribution < -0.4 is 16.4 Å². The van der Waals surface area contributed by atoms with Crippen molar-refractivity contribution in [2.24, 2.45) is 16.0 Å². The van der Waals surface area contributed by atoms with Gasteiger partial charge in [0.1, 0.15) is 5.69 Å². The van der Waals surface area contributed by atoms with E-state index in [1.54, 1.807) is 0 Å². The van der Waals surface area contributed by atoms with Gasteiger partial charge < -0.3 is 16.4 Å². The lowest BCUT2D eigenvalue weighted by Crippen LogP contribution is -2.19. The predicted octanol–water partition coefficient (Wildman–Crippen LogP) is 2.39. The summed E-state index contributed by atoms with van der Waals surface area (Å²) in [4.78, 5) is 20.6. The molecule has 0 aliphatic rings. The van der Waals surface area contributed by atoms with E-state index < -0.39 is 56.7 Å². The van der Waals surface area contributed by atoms with Gasteiger partial charge in [-0.3, -0.25) is 4.55 Å². The van der Waals surface area contributed by atoms with Crippen molar-refractivity contribution < 1.29 is 39.1 Å². The van der Waals surface area contributed by atoms with Gasteiger partial charge in [-0.25, -0.2) is 17.4 Å². The minimum absolute atomic E-state index is 0.0503. The van der Waals surface area contributed by atoms with Gasteiger partial charge >= 0.3 is 28.6 Å². The molecule has 0 saturated carbocycles. The van der Waals surface area contributed by atoms with E-state index in [0.29, 0.717) is 0 Å². The van der Waals surface area contributed by atoms with Crippen LogP contribution in [0.4, 0.5) is 42.3 Å². The van der Waals surface area contributed by atoms with Crippen molar-refractivity contribution in [1.29, 1.82) is 0 Å². The van der Waals surface area contributed by atoms with Crippen LogP contribution in [-0.4, -0.2) is 54.7 Å². The van der Waals surface area contributed by atoms with Gasteiger partial charge in [0.25, 0.3) is 0 Å². The lowest BCUT2D eigenvalue weighted by atomic mass is 10.2. The Hall–Kier alpha value is -4.20. The predicted molar refractivity (Wildman–Crippen MR) is 123 cm³/mol. The number of halogens is 2. The number of azo groups is 1. The molecule has 15 nitrogen and oxygen atoms in total. The number of hydrogen-bond acceptors (Lipinski definition) is 12. The third-order valence-electron chi connectivity index (χ3n) is 4.14. The highest BCUT2D eigenvalue weighted by Crippen LogP contribution is 2.31. The van der Waals surface area contributed by atoms with E-state index in [4.69, 9.17) is 10.3 Å². The first-order chi connectivity index (χ1) is 17.3. The molecule has 1 heterocycles. The number of anilines is 3. The molecule has 2 aromatic carbocycles. The second-order valence-corrected chi connectivity index (χ2v) is 10.0. The first-order valence-corrected chi connectivity index (χ1v) is 12.7. The van der Waals surface area contributed by atoms with Crippen molar-refractivity contribution >= 4 is 55.0 Å². The topological polar surface area (TPSA) is 228 Å². The molecule has 0 atom stereocenters. The van der Waals surface area contributed by atoms with Gasteiger partial charge in [0.15, 0.2) is 9.84 Å². The van der Waals surface area contributed by atoms with Crippen molar-refractivity contribution in [1.82, 2.24) is 15.0 Å². The molecule has 0 saturated heterocycles. The lowest BCUT2D eigenvalue weighted by Gasteiger charge is -2.09. The fourth-order valence-electron chi connectivity index (χ4n) is 2.64. The maximum absolute atomic E-state index is 13.2. The Bertz CT molecular complexity index is 1530. The molecule has 0 unspecified atom stereocenters. The number of nitrogens with zero attached hydrogens (tertiary/aromatic N) is 5. The Balaban J connectivity index is 1.77. The number of hydrogen-bond donors (Lipinski definition) is 4. The van der Waals surface area contributed by atoms with Gasteiger partial charge in [-0.15, -0.1) is 5.11 Å². The smallest absolute Gasteiger partial charge is 0.351 e. The summed E-state index contributed by atoms with van der Waals surface area (Å²) >= 11 is 0. The van der Waals surface area contributed by atoms with Gasteiger partial charge in [-0.05, 0) is 42.5 Å². The molecule has 196 valence electrons. The largest absolute Gasteiger partial charge is 0.397 e. The van der Waals surface area contributed by atoms with E-state index in [0.717, 1.165) is 0 Å². The fraction of sp³-hybridized carbons (Fsp3) is 0.111. The molecule has 0 bridgehead atoms. The molecule has 0 aliphatic heterocycles. The SMILES string of the molecule is NC(=O)Nc1cc(Nc2nc(F)nc(F)n2)ccc1N=Nc1ccc(S(=O)(=O)CCOS(=O)(=O)O)cc1. The first-order valence-electron chi connectivity index (χ1n) is 9.72. The number of rotatable bonds is 10. The van der Waals surface area contributed by atoms with Gasteiger partial charge in [0, 0.05) is 5.69 Å². The van der Waals surface area contributed by atoms with E-state index in [2.05, 4.69) is 40.0 Å². The van der Waals surface area contributed by atoms with Crippen LogP contribution in [0.3, 0.4) is 0 Å². The number of nitrogens with one attached hydrogen (secondary N) is 2. The number of benzene rings is 2. The summed E-state index contributed by atoms with van der Waals surface area (Å²) in [5, 5.41) is 12.8. The average molecular weight is 559 g/mol. The number of urea groups is 1. The van der Waals surface area contributed by atoms with Crippen molar-refractivity contribution in [3.8, 4) is 0 Å². The standard InChI is InChI=1S/C18H16F2N8O7S2/c19-15-24-16(20)26-18(25-15)22-11-3-6-13(14(9-11)23-17(21)29)28-27-10-1-4-12(5-2-10)36(30,31)8-7-35-37(32,33)34/h1-6,9H,7-8H2,(H3,21,23,29)(H,32,33,34)(H,22,24,25,26). The number of carbonyl (C=O) groups is 1. The third kappa shape index (κ3) is 8.45. The fourth-order valence-corrected chi connectivity index (χ4v) is 4.13. The highest BCUT2D eigenvalue weighted by atomic mass is 32.3. The van der Waals surface area contributed by atoms with Crippen molar-refractivity contribution in [2.45, 2.75) is 4.90 Å². The van der Waals surface area contributed by atoms with Crippen LogP contribution in [0, 0.1) is 12.2 Å². The van der Waals surface area contributed by atoms with E-state index >= 15 is 0 Å². The molecule has 0 radical (unpaired) electrons. The highest BCUT2D eigenvalue weighted by Gasteiger charge is 2.16. The summed E-state index contributed by atoms with van der Waals surface area (Å²) in [7, 11) is -8.70. The summed E-state index contributed by atoms with van der Waals surface area (Å²) < 4.78 is 84.4. The maximum Gasteiger partial charge on any atom is 0.397 e. The molecule has 2 amide bonds. The van der Waals surface area contributed by atoms with Crippen LogP contribution >= 0.6 is 0 Å². The molecular formula is C18H16F2N8O7S2. The third-order valence-corrected chi connectivity index (χ3v) is 6.30. The van der Waals surface area contributed by atoms with E-state index in [1.807, 2.05) is 0 Å². The molecule has 19 heteroatoms. The number of aromatic nitrogens is 3. The Kier molecular flexibility index (Phi) is 8.32. The number of nitrogens with two attached hydrogens (primary N) is 1. The van der Waals surface area contributed by atoms with Crippen molar-refractivity contribution in [2.75, 3.05) is 23.0 Å². The van der Waals surface area contributed by atoms with Gasteiger partial charge in [-0.1, -0.05) is 0 Å². The molecule has 5 N–H and O–H groups in total. The van der Waals surface area contributed by atoms with Gasteiger partial charge in [-0.2, -0.15) is 37.3 Å². The monoisotopic (exact) mass is 558 g/mol. The quantitative estimate of drug-likeness (QED) is 0.208. The number of amides is 2. The van der Waals surface area contributed by atoms with Gasteiger partial charge in [0.2, 0.25) is 5.95 Å². The van der Waals surface area contributed by atoms with Crippen LogP contribution in [0.5, 0.6) is 0 Å². The zero-order chi connectivity index (χ0) is 27.2. The number of primary amides is 1. The summed E-state index contributed by atoms with van der Waals surface area (Å²) in [6.07, 6.45) is -2.69. The molecular weight excluding hydrogens is 542 g/mol. The molecule has 0 aliphatic carbocycles. The Morgan fingerprint density at radius 1 is 1.00 bits per heavy atom. The number of sulfone groups is 1. The zero-order valence-electron chi connectivity index (χ0n) is 18.2. The van der Waals surface area contributed by atoms with Crippen LogP contribution in [0.15, 0.2) is 57.6 Å². The Morgan fingerprint density at radius 2 is 1.65 bits per heavy atom. The molecule has 3 aromatic rings. The zero-order valence-corrected chi connectivity index (χ0v) is 19.9. The number of carbonyl (C=O) groups excluding carboxylic acids is 1. The Labute approximate surface area is 207 Å². The summed E-state index contributed by atoms with van der Waals surface area (Å²) in [5.74, 6) is -1.15. The van der Waals surface area contributed by atoms with Crippen LogP contribution in [0.2, 0.25) is 0 Å². The molecule has 0 fully saturated rings. The minimum Gasteiger partial charge on any atom is -0.351 e. The summed E-state index contributed by atoms with van der Waals surface area (Å²) in [5.41, 5.74) is 5.73. The summed E-state index contributed by atoms with van der Waals surface area (Å²) in [6.45, 7) is -0.777. The van der Waals surface area contributed by atoms with Crippen molar-refractivity contribution in [3.63, 3.8) is 0 Å². The Morgan fingerprint density at radius 3 is 2.24 bits per heavy atom. The van der Waals surface area contributed by atoms with Gasteiger partial charge in [0.05, 0.1) is 28.6 Å². The summed E-state index contributed by atoms with van der Waals surface area (Å²) in [6, 6.07) is 8.15. The molecule has 1 aromatic heterocycles. The van der Waals surface area contributed by atoms with Crippen LogP contribution in [0.25, 0.3) is 0 Å². The molecule has 3 rings (SSSR count). The van der Waals surface area contributed by atoms with Crippen molar-refractivity contribution in [3.05, 3.63) is 54.6 Å². The van der Waals surface area contributed by atoms with E-state index in [-0.39, 0.29) is 27.6 Å². The average Bonchev–Trinajstić information content (AvgIpc) is 2.77. The highest BCUT2D eigenvalue weighted by molar-refractivity contribution is 7.91. The second kappa shape index (κ2) is 11.2. The van der Waals surface area contributed by atoms with Crippen LogP contribution in [0.1, 0.15) is 0 Å². The molecule has 37 heavy (non-hydrogen) atoms. The van der Waals surface area contributed by atoms with E-state index in [1.165, 1.54) is 42.5 Å². The van der Waals surface area contributed by atoms with Crippen LogP contribution in [-0.2, 0) is 24.4 Å². The lowest BCUT2D eigenvalue weighted by molar-refractivity contribution is 0.259.